The number of hydrogen-bond donors (Lipinski definition) is 1. The van der Waals surface area contributed by atoms with Crippen LogP contribution in [0.5, 0.6) is 5.75 Å². The molecule has 144 valence electrons. The number of rotatable bonds is 6. The van der Waals surface area contributed by atoms with E-state index in [4.69, 9.17) is 4.74 Å². The molecule has 0 fully saturated rings. The number of halogens is 1. The van der Waals surface area contributed by atoms with Crippen molar-refractivity contribution in [3.8, 4) is 5.75 Å². The summed E-state index contributed by atoms with van der Waals surface area (Å²) in [7, 11) is 3.46. The van der Waals surface area contributed by atoms with E-state index in [1.165, 1.54) is 0 Å². The molecule has 0 aliphatic rings. The highest BCUT2D eigenvalue weighted by molar-refractivity contribution is 9.10. The van der Waals surface area contributed by atoms with E-state index in [1.807, 2.05) is 48.5 Å². The van der Waals surface area contributed by atoms with E-state index in [0.29, 0.717) is 17.9 Å². The first kappa shape index (κ1) is 19.9. The summed E-state index contributed by atoms with van der Waals surface area (Å²) in [5.41, 5.74) is 1.56. The Morgan fingerprint density at radius 1 is 0.964 bits per heavy atom. The Bertz CT molecular complexity index is 1000. The molecule has 0 bridgehead atoms. The van der Waals surface area contributed by atoms with Gasteiger partial charge in [0, 0.05) is 24.3 Å². The number of likely N-dealkylation sites (N-methyl/N-ethyl adjacent to an activating group) is 1. The molecule has 3 aromatic carbocycles. The first-order chi connectivity index (χ1) is 13.4. The third-order valence-electron chi connectivity index (χ3n) is 4.24. The standard InChI is InChI=1S/C22H21BrN2O3/c1-25(2)22(27)11-15-3-8-19(9-4-15)24-21(26)14-28-20-10-6-16-12-18(23)7-5-17(16)13-20/h3-10,12-13H,11,14H2,1-2H3,(H,24,26). The summed E-state index contributed by atoms with van der Waals surface area (Å²) in [6, 6.07) is 18.9. The summed E-state index contributed by atoms with van der Waals surface area (Å²) in [6.07, 6.45) is 0.336. The predicted molar refractivity (Wildman–Crippen MR) is 115 cm³/mol. The fraction of sp³-hybridized carbons (Fsp3) is 0.182. The zero-order valence-corrected chi connectivity index (χ0v) is 17.3. The van der Waals surface area contributed by atoms with Gasteiger partial charge in [0.05, 0.1) is 6.42 Å². The smallest absolute Gasteiger partial charge is 0.262 e. The van der Waals surface area contributed by atoms with Gasteiger partial charge in [-0.05, 0) is 52.7 Å². The zero-order chi connectivity index (χ0) is 20.1. The highest BCUT2D eigenvalue weighted by atomic mass is 79.9. The number of nitrogens with one attached hydrogen (secondary N) is 1. The van der Waals surface area contributed by atoms with Crippen LogP contribution in [0.4, 0.5) is 5.69 Å². The fourth-order valence-electron chi connectivity index (χ4n) is 2.67. The molecule has 5 nitrogen and oxygen atoms in total. The number of benzene rings is 3. The van der Waals surface area contributed by atoms with Gasteiger partial charge in [-0.3, -0.25) is 9.59 Å². The number of nitrogens with zero attached hydrogens (tertiary/aromatic N) is 1. The van der Waals surface area contributed by atoms with Crippen molar-refractivity contribution in [1.29, 1.82) is 0 Å². The lowest BCUT2D eigenvalue weighted by Crippen LogP contribution is -2.23. The molecule has 0 spiro atoms. The second-order valence-corrected chi connectivity index (χ2v) is 7.57. The number of carbonyl (C=O) groups excluding carboxylic acids is 2. The maximum Gasteiger partial charge on any atom is 0.262 e. The summed E-state index contributed by atoms with van der Waals surface area (Å²) < 4.78 is 6.63. The first-order valence-electron chi connectivity index (χ1n) is 8.82. The van der Waals surface area contributed by atoms with E-state index in [9.17, 15) is 9.59 Å². The number of ether oxygens (including phenoxy) is 1. The van der Waals surface area contributed by atoms with E-state index in [2.05, 4.69) is 21.2 Å². The molecule has 0 unspecified atom stereocenters. The largest absolute Gasteiger partial charge is 0.484 e. The fourth-order valence-corrected chi connectivity index (χ4v) is 3.05. The zero-order valence-electron chi connectivity index (χ0n) is 15.7. The summed E-state index contributed by atoms with van der Waals surface area (Å²) in [5, 5.41) is 4.94. The van der Waals surface area contributed by atoms with E-state index < -0.39 is 0 Å². The van der Waals surface area contributed by atoms with Crippen LogP contribution >= 0.6 is 15.9 Å². The number of fused-ring (bicyclic) bond motifs is 1. The van der Waals surface area contributed by atoms with Crippen LogP contribution in [0.15, 0.2) is 65.1 Å². The Morgan fingerprint density at radius 2 is 1.64 bits per heavy atom. The van der Waals surface area contributed by atoms with Crippen LogP contribution in [0.3, 0.4) is 0 Å². The molecule has 6 heteroatoms. The Balaban J connectivity index is 1.54. The molecule has 0 aliphatic carbocycles. The van der Waals surface area contributed by atoms with E-state index in [-0.39, 0.29) is 18.4 Å². The Kier molecular flexibility index (Phi) is 6.31. The Labute approximate surface area is 172 Å². The van der Waals surface area contributed by atoms with Crippen LogP contribution < -0.4 is 10.1 Å². The van der Waals surface area contributed by atoms with Gasteiger partial charge in [-0.25, -0.2) is 0 Å². The molecule has 3 rings (SSSR count). The Hall–Kier alpha value is -2.86. The van der Waals surface area contributed by atoms with Crippen LogP contribution in [-0.2, 0) is 16.0 Å². The molecule has 0 aromatic heterocycles. The van der Waals surface area contributed by atoms with Crippen LogP contribution in [0.1, 0.15) is 5.56 Å². The lowest BCUT2D eigenvalue weighted by molar-refractivity contribution is -0.128. The van der Waals surface area contributed by atoms with Crippen LogP contribution in [0.25, 0.3) is 10.8 Å². The molecule has 0 aliphatic heterocycles. The van der Waals surface area contributed by atoms with Gasteiger partial charge in [0.1, 0.15) is 5.75 Å². The molecule has 0 heterocycles. The Morgan fingerprint density at radius 3 is 2.36 bits per heavy atom. The van der Waals surface area contributed by atoms with Gasteiger partial charge >= 0.3 is 0 Å². The second kappa shape index (κ2) is 8.89. The van der Waals surface area contributed by atoms with Crippen LogP contribution in [0, 0.1) is 0 Å². The SMILES string of the molecule is CN(C)C(=O)Cc1ccc(NC(=O)COc2ccc3cc(Br)ccc3c2)cc1. The first-order valence-corrected chi connectivity index (χ1v) is 9.61. The van der Waals surface area contributed by atoms with Crippen molar-refractivity contribution in [1.82, 2.24) is 4.90 Å². The third-order valence-corrected chi connectivity index (χ3v) is 4.73. The van der Waals surface area contributed by atoms with Crippen molar-refractivity contribution in [2.24, 2.45) is 0 Å². The van der Waals surface area contributed by atoms with Gasteiger partial charge < -0.3 is 15.0 Å². The molecule has 0 radical (unpaired) electrons. The number of hydrogen-bond acceptors (Lipinski definition) is 3. The van der Waals surface area contributed by atoms with E-state index in [0.717, 1.165) is 20.8 Å². The highest BCUT2D eigenvalue weighted by Crippen LogP contribution is 2.24. The maximum atomic E-state index is 12.1. The minimum atomic E-state index is -0.243. The van der Waals surface area contributed by atoms with Crippen molar-refractivity contribution in [3.05, 3.63) is 70.7 Å². The molecule has 28 heavy (non-hydrogen) atoms. The highest BCUT2D eigenvalue weighted by Gasteiger charge is 2.07. The van der Waals surface area contributed by atoms with Crippen molar-refractivity contribution in [2.75, 3.05) is 26.0 Å². The maximum absolute atomic E-state index is 12.1. The van der Waals surface area contributed by atoms with Gasteiger partial charge in [-0.1, -0.05) is 40.2 Å². The summed E-state index contributed by atoms with van der Waals surface area (Å²) in [6.45, 7) is -0.0805. The minimum Gasteiger partial charge on any atom is -0.484 e. The molecule has 0 atom stereocenters. The minimum absolute atomic E-state index is 0.0351. The topological polar surface area (TPSA) is 58.6 Å². The van der Waals surface area contributed by atoms with Gasteiger partial charge in [0.15, 0.2) is 6.61 Å². The molecular weight excluding hydrogens is 420 g/mol. The normalized spacial score (nSPS) is 10.5. The second-order valence-electron chi connectivity index (χ2n) is 6.65. The average molecular weight is 441 g/mol. The summed E-state index contributed by atoms with van der Waals surface area (Å²) in [5.74, 6) is 0.434. The number of amides is 2. The van der Waals surface area contributed by atoms with E-state index in [1.54, 1.807) is 31.1 Å². The molecule has 0 saturated carbocycles. The van der Waals surface area contributed by atoms with Crippen molar-refractivity contribution in [3.63, 3.8) is 0 Å². The lowest BCUT2D eigenvalue weighted by atomic mass is 10.1. The molecule has 1 N–H and O–H groups in total. The quantitative estimate of drug-likeness (QED) is 0.622. The third kappa shape index (κ3) is 5.33. The monoisotopic (exact) mass is 440 g/mol. The van der Waals surface area contributed by atoms with Crippen LogP contribution in [0.2, 0.25) is 0 Å². The summed E-state index contributed by atoms with van der Waals surface area (Å²) >= 11 is 3.45. The number of anilines is 1. The van der Waals surface area contributed by atoms with Gasteiger partial charge in [-0.2, -0.15) is 0 Å². The molecule has 3 aromatic rings. The van der Waals surface area contributed by atoms with Crippen molar-refractivity contribution >= 4 is 44.2 Å². The summed E-state index contributed by atoms with van der Waals surface area (Å²) in [4.78, 5) is 25.4. The van der Waals surface area contributed by atoms with Crippen molar-refractivity contribution in [2.45, 2.75) is 6.42 Å². The predicted octanol–water partition coefficient (Wildman–Crippen LogP) is 4.25. The molecule has 2 amide bonds. The number of carbonyl (C=O) groups is 2. The van der Waals surface area contributed by atoms with Gasteiger partial charge in [-0.15, -0.1) is 0 Å². The average Bonchev–Trinajstić information content (AvgIpc) is 2.67. The van der Waals surface area contributed by atoms with E-state index >= 15 is 0 Å². The van der Waals surface area contributed by atoms with Gasteiger partial charge in [0.2, 0.25) is 5.91 Å². The molecular formula is C22H21BrN2O3. The lowest BCUT2D eigenvalue weighted by Gasteiger charge is -2.11. The van der Waals surface area contributed by atoms with Crippen molar-refractivity contribution < 1.29 is 14.3 Å². The van der Waals surface area contributed by atoms with Crippen LogP contribution in [-0.4, -0.2) is 37.4 Å². The van der Waals surface area contributed by atoms with Gasteiger partial charge in [0.25, 0.3) is 5.91 Å². The molecule has 0 saturated heterocycles.